The van der Waals surface area contributed by atoms with Gasteiger partial charge in [0.1, 0.15) is 6.61 Å². The number of hydrogen-bond acceptors (Lipinski definition) is 2. The van der Waals surface area contributed by atoms with Crippen molar-refractivity contribution in [1.29, 1.82) is 0 Å². The summed E-state index contributed by atoms with van der Waals surface area (Å²) in [6.07, 6.45) is 27.7. The van der Waals surface area contributed by atoms with E-state index in [-0.39, 0.29) is 5.97 Å². The standard InChI is InChI=1S/C29H48O2/c1-2-3-4-5-6-7-8-9-10-11-12-13-14-15-16-17-18-19-23-26-29(30)31-27-28-24-21-20-22-25-28/h9-10,20-22,24-25H,2-8,11-19,23,26-27H2,1H3. The van der Waals surface area contributed by atoms with Gasteiger partial charge in [-0.25, -0.2) is 0 Å². The first-order valence-corrected chi connectivity index (χ1v) is 13.2. The fraction of sp³-hybridized carbons (Fsp3) is 0.690. The summed E-state index contributed by atoms with van der Waals surface area (Å²) in [6, 6.07) is 9.89. The monoisotopic (exact) mass is 428 g/mol. The molecule has 1 aromatic rings. The minimum atomic E-state index is -0.0649. The average molecular weight is 429 g/mol. The molecule has 2 heteroatoms. The first kappa shape index (κ1) is 27.5. The molecule has 0 aliphatic rings. The third-order valence-electron chi connectivity index (χ3n) is 5.89. The van der Waals surface area contributed by atoms with Gasteiger partial charge in [-0.15, -0.1) is 0 Å². The molecule has 0 saturated heterocycles. The largest absolute Gasteiger partial charge is 0.461 e. The van der Waals surface area contributed by atoms with Crippen LogP contribution >= 0.6 is 0 Å². The van der Waals surface area contributed by atoms with Crippen LogP contribution in [0.1, 0.15) is 128 Å². The smallest absolute Gasteiger partial charge is 0.306 e. The number of esters is 1. The molecule has 0 heterocycles. The molecule has 0 bridgehead atoms. The Kier molecular flexibility index (Phi) is 19.2. The Morgan fingerprint density at radius 3 is 1.71 bits per heavy atom. The van der Waals surface area contributed by atoms with Gasteiger partial charge < -0.3 is 4.74 Å². The number of carbonyl (C=O) groups is 1. The number of hydrogen-bond donors (Lipinski definition) is 0. The normalized spacial score (nSPS) is 11.3. The van der Waals surface area contributed by atoms with E-state index in [4.69, 9.17) is 4.74 Å². The van der Waals surface area contributed by atoms with Crippen molar-refractivity contribution in [1.82, 2.24) is 0 Å². The summed E-state index contributed by atoms with van der Waals surface area (Å²) in [6.45, 7) is 2.68. The summed E-state index contributed by atoms with van der Waals surface area (Å²) >= 11 is 0. The summed E-state index contributed by atoms with van der Waals surface area (Å²) in [5.74, 6) is -0.0649. The van der Waals surface area contributed by atoms with Crippen LogP contribution in [0.4, 0.5) is 0 Å². The maximum absolute atomic E-state index is 11.8. The van der Waals surface area contributed by atoms with Crippen molar-refractivity contribution in [2.45, 2.75) is 129 Å². The van der Waals surface area contributed by atoms with Crippen molar-refractivity contribution < 1.29 is 9.53 Å². The number of allylic oxidation sites excluding steroid dienone is 2. The lowest BCUT2D eigenvalue weighted by Crippen LogP contribution is -2.04. The summed E-state index contributed by atoms with van der Waals surface area (Å²) in [5, 5.41) is 0. The molecular weight excluding hydrogens is 380 g/mol. The quantitative estimate of drug-likeness (QED) is 0.111. The fourth-order valence-corrected chi connectivity index (χ4v) is 3.86. The van der Waals surface area contributed by atoms with E-state index in [1.807, 2.05) is 30.3 Å². The van der Waals surface area contributed by atoms with Gasteiger partial charge in [0.05, 0.1) is 0 Å². The molecule has 176 valence electrons. The van der Waals surface area contributed by atoms with Crippen molar-refractivity contribution in [3.05, 3.63) is 48.0 Å². The summed E-state index contributed by atoms with van der Waals surface area (Å²) in [4.78, 5) is 11.8. The lowest BCUT2D eigenvalue weighted by Gasteiger charge is -2.05. The lowest BCUT2D eigenvalue weighted by atomic mass is 10.1. The van der Waals surface area contributed by atoms with Gasteiger partial charge in [0, 0.05) is 6.42 Å². The third kappa shape index (κ3) is 18.9. The second-order valence-electron chi connectivity index (χ2n) is 8.89. The van der Waals surface area contributed by atoms with E-state index < -0.39 is 0 Å². The highest BCUT2D eigenvalue weighted by atomic mass is 16.5. The van der Waals surface area contributed by atoms with Gasteiger partial charge in [0.15, 0.2) is 0 Å². The van der Waals surface area contributed by atoms with Crippen molar-refractivity contribution in [3.8, 4) is 0 Å². The molecule has 0 aromatic heterocycles. The number of unbranched alkanes of at least 4 members (excludes halogenated alkanes) is 15. The zero-order chi connectivity index (χ0) is 22.2. The van der Waals surface area contributed by atoms with Gasteiger partial charge in [-0.05, 0) is 37.7 Å². The van der Waals surface area contributed by atoms with Crippen LogP contribution in [0.25, 0.3) is 0 Å². The van der Waals surface area contributed by atoms with E-state index >= 15 is 0 Å². The predicted octanol–water partition coefficient (Wildman–Crippen LogP) is 9.33. The van der Waals surface area contributed by atoms with Crippen LogP contribution in [0, 0.1) is 0 Å². The molecule has 0 radical (unpaired) electrons. The Balaban J connectivity index is 1.75. The fourth-order valence-electron chi connectivity index (χ4n) is 3.86. The van der Waals surface area contributed by atoms with Crippen molar-refractivity contribution in [2.24, 2.45) is 0 Å². The molecule has 0 amide bonds. The Labute approximate surface area is 192 Å². The molecule has 1 aromatic carbocycles. The van der Waals surface area contributed by atoms with E-state index in [1.54, 1.807) is 0 Å². The Hall–Kier alpha value is -1.57. The van der Waals surface area contributed by atoms with Crippen molar-refractivity contribution >= 4 is 5.97 Å². The van der Waals surface area contributed by atoms with Gasteiger partial charge in [-0.1, -0.05) is 126 Å². The molecule has 2 nitrogen and oxygen atoms in total. The van der Waals surface area contributed by atoms with Crippen molar-refractivity contribution in [2.75, 3.05) is 0 Å². The zero-order valence-corrected chi connectivity index (χ0v) is 20.3. The molecule has 31 heavy (non-hydrogen) atoms. The van der Waals surface area contributed by atoms with Gasteiger partial charge in [0.25, 0.3) is 0 Å². The third-order valence-corrected chi connectivity index (χ3v) is 5.89. The minimum absolute atomic E-state index is 0.0649. The zero-order valence-electron chi connectivity index (χ0n) is 20.3. The first-order chi connectivity index (χ1) is 15.3. The maximum atomic E-state index is 11.8. The average Bonchev–Trinajstić information content (AvgIpc) is 2.80. The van der Waals surface area contributed by atoms with Gasteiger partial charge in [0.2, 0.25) is 0 Å². The number of carbonyl (C=O) groups excluding carboxylic acids is 1. The van der Waals surface area contributed by atoms with E-state index in [2.05, 4.69) is 19.1 Å². The Morgan fingerprint density at radius 2 is 1.16 bits per heavy atom. The van der Waals surface area contributed by atoms with Crippen LogP contribution in [-0.2, 0) is 16.1 Å². The molecule has 0 fully saturated rings. The molecule has 0 N–H and O–H groups in total. The molecule has 0 unspecified atom stereocenters. The highest BCUT2D eigenvalue weighted by Crippen LogP contribution is 2.13. The number of ether oxygens (including phenoxy) is 1. The van der Waals surface area contributed by atoms with E-state index in [0.717, 1.165) is 18.4 Å². The van der Waals surface area contributed by atoms with Gasteiger partial charge >= 0.3 is 5.97 Å². The van der Waals surface area contributed by atoms with Crippen LogP contribution in [-0.4, -0.2) is 5.97 Å². The molecule has 0 spiro atoms. The van der Waals surface area contributed by atoms with E-state index in [0.29, 0.717) is 13.0 Å². The van der Waals surface area contributed by atoms with Gasteiger partial charge in [-0.2, -0.15) is 0 Å². The van der Waals surface area contributed by atoms with Crippen LogP contribution in [0.2, 0.25) is 0 Å². The second-order valence-corrected chi connectivity index (χ2v) is 8.89. The number of benzene rings is 1. The highest BCUT2D eigenvalue weighted by Gasteiger charge is 2.03. The summed E-state index contributed by atoms with van der Waals surface area (Å²) in [7, 11) is 0. The molecule has 0 atom stereocenters. The van der Waals surface area contributed by atoms with Crippen LogP contribution < -0.4 is 0 Å². The van der Waals surface area contributed by atoms with Crippen molar-refractivity contribution in [3.63, 3.8) is 0 Å². The van der Waals surface area contributed by atoms with E-state index in [1.165, 1.54) is 96.3 Å². The van der Waals surface area contributed by atoms with E-state index in [9.17, 15) is 4.79 Å². The lowest BCUT2D eigenvalue weighted by molar-refractivity contribution is -0.145. The van der Waals surface area contributed by atoms with Crippen LogP contribution in [0.3, 0.4) is 0 Å². The molecule has 1 rings (SSSR count). The Morgan fingerprint density at radius 1 is 0.677 bits per heavy atom. The molecule has 0 aliphatic heterocycles. The van der Waals surface area contributed by atoms with Crippen LogP contribution in [0.15, 0.2) is 42.5 Å². The Bertz CT molecular complexity index is 535. The number of rotatable bonds is 21. The molecule has 0 aliphatic carbocycles. The minimum Gasteiger partial charge on any atom is -0.461 e. The van der Waals surface area contributed by atoms with Crippen LogP contribution in [0.5, 0.6) is 0 Å². The first-order valence-electron chi connectivity index (χ1n) is 13.2. The topological polar surface area (TPSA) is 26.3 Å². The highest BCUT2D eigenvalue weighted by molar-refractivity contribution is 5.69. The SMILES string of the molecule is CCCCCCCCC=CCCCCCCCCCCCC(=O)OCc1ccccc1. The summed E-state index contributed by atoms with van der Waals surface area (Å²) in [5.41, 5.74) is 1.06. The molecular formula is C29H48O2. The van der Waals surface area contributed by atoms with Gasteiger partial charge in [-0.3, -0.25) is 4.79 Å². The summed E-state index contributed by atoms with van der Waals surface area (Å²) < 4.78 is 5.32. The maximum Gasteiger partial charge on any atom is 0.306 e. The second kappa shape index (κ2) is 21.7. The molecule has 0 saturated carbocycles. The predicted molar refractivity (Wildman–Crippen MR) is 134 cm³/mol.